The van der Waals surface area contributed by atoms with Gasteiger partial charge in [0.05, 0.1) is 6.10 Å². The minimum Gasteiger partial charge on any atom is -0.491 e. The number of H-pyrrole nitrogens is 1. The SMILES string of the molecule is CCn1c(Sc2cc(N)cc(OC(C)C)c2)n[nH]c1=O. The Kier molecular flexibility index (Phi) is 4.39. The van der Waals surface area contributed by atoms with E-state index in [0.717, 1.165) is 4.90 Å². The van der Waals surface area contributed by atoms with E-state index in [1.807, 2.05) is 32.9 Å². The van der Waals surface area contributed by atoms with Gasteiger partial charge in [0, 0.05) is 23.2 Å². The number of nitrogens with one attached hydrogen (secondary N) is 1. The zero-order valence-electron chi connectivity index (χ0n) is 11.7. The summed E-state index contributed by atoms with van der Waals surface area (Å²) in [6.45, 7) is 6.37. The number of anilines is 1. The molecular weight excluding hydrogens is 276 g/mol. The molecule has 0 spiro atoms. The van der Waals surface area contributed by atoms with Crippen LogP contribution >= 0.6 is 11.8 Å². The number of rotatable bonds is 5. The molecule has 20 heavy (non-hydrogen) atoms. The molecule has 2 rings (SSSR count). The van der Waals surface area contributed by atoms with Gasteiger partial charge in [0.1, 0.15) is 5.75 Å². The fourth-order valence-electron chi connectivity index (χ4n) is 1.76. The second kappa shape index (κ2) is 6.04. The van der Waals surface area contributed by atoms with Gasteiger partial charge >= 0.3 is 5.69 Å². The average molecular weight is 294 g/mol. The third-order valence-electron chi connectivity index (χ3n) is 2.52. The minimum atomic E-state index is -0.211. The molecule has 6 nitrogen and oxygen atoms in total. The van der Waals surface area contributed by atoms with Crippen molar-refractivity contribution in [3.63, 3.8) is 0 Å². The summed E-state index contributed by atoms with van der Waals surface area (Å²) < 4.78 is 7.21. The quantitative estimate of drug-likeness (QED) is 0.825. The summed E-state index contributed by atoms with van der Waals surface area (Å²) in [4.78, 5) is 12.4. The molecule has 108 valence electrons. The van der Waals surface area contributed by atoms with E-state index in [4.69, 9.17) is 10.5 Å². The zero-order chi connectivity index (χ0) is 14.7. The van der Waals surface area contributed by atoms with Gasteiger partial charge in [0.15, 0.2) is 5.16 Å². The maximum absolute atomic E-state index is 11.5. The van der Waals surface area contributed by atoms with Crippen LogP contribution in [0.1, 0.15) is 20.8 Å². The van der Waals surface area contributed by atoms with Gasteiger partial charge in [-0.15, -0.1) is 5.10 Å². The van der Waals surface area contributed by atoms with Gasteiger partial charge in [-0.25, -0.2) is 9.89 Å². The van der Waals surface area contributed by atoms with E-state index < -0.39 is 0 Å². The van der Waals surface area contributed by atoms with Gasteiger partial charge < -0.3 is 10.5 Å². The van der Waals surface area contributed by atoms with Gasteiger partial charge in [-0.1, -0.05) is 0 Å². The Balaban J connectivity index is 2.28. The molecular formula is C13H18N4O2S. The second-order valence-corrected chi connectivity index (χ2v) is 5.60. The molecule has 0 radical (unpaired) electrons. The predicted octanol–water partition coefficient (Wildman–Crippen LogP) is 2.11. The lowest BCUT2D eigenvalue weighted by molar-refractivity contribution is 0.242. The van der Waals surface area contributed by atoms with Crippen molar-refractivity contribution >= 4 is 17.4 Å². The molecule has 0 unspecified atom stereocenters. The molecule has 0 saturated heterocycles. The van der Waals surface area contributed by atoms with E-state index in [1.165, 1.54) is 11.8 Å². The summed E-state index contributed by atoms with van der Waals surface area (Å²) in [6.07, 6.45) is 0.0776. The number of nitrogens with zero attached hydrogens (tertiary/aromatic N) is 2. The monoisotopic (exact) mass is 294 g/mol. The van der Waals surface area contributed by atoms with Crippen molar-refractivity contribution in [3.8, 4) is 5.75 Å². The van der Waals surface area contributed by atoms with Gasteiger partial charge in [0.25, 0.3) is 0 Å². The Hall–Kier alpha value is -1.89. The zero-order valence-corrected chi connectivity index (χ0v) is 12.5. The number of ether oxygens (including phenoxy) is 1. The number of aromatic nitrogens is 3. The van der Waals surface area contributed by atoms with Gasteiger partial charge in [0.2, 0.25) is 0 Å². The molecule has 1 aromatic carbocycles. The first-order valence-electron chi connectivity index (χ1n) is 6.40. The van der Waals surface area contributed by atoms with Crippen LogP contribution in [0.2, 0.25) is 0 Å². The Morgan fingerprint density at radius 3 is 2.85 bits per heavy atom. The summed E-state index contributed by atoms with van der Waals surface area (Å²) in [5, 5.41) is 7.06. The standard InChI is InChI=1S/C13H18N4O2S/c1-4-17-12(18)15-16-13(17)20-11-6-9(14)5-10(7-11)19-8(2)3/h5-8H,4,14H2,1-3H3,(H,15,18). The molecule has 0 saturated carbocycles. The van der Waals surface area contributed by atoms with Gasteiger partial charge in [-0.3, -0.25) is 4.57 Å². The highest BCUT2D eigenvalue weighted by atomic mass is 32.2. The van der Waals surface area contributed by atoms with E-state index >= 15 is 0 Å². The Bertz CT molecular complexity index is 648. The van der Waals surface area contributed by atoms with Crippen molar-refractivity contribution in [2.75, 3.05) is 5.73 Å². The first kappa shape index (κ1) is 14.5. The molecule has 0 amide bonds. The molecule has 7 heteroatoms. The fraction of sp³-hybridized carbons (Fsp3) is 0.385. The number of benzene rings is 1. The average Bonchev–Trinajstić information content (AvgIpc) is 2.68. The van der Waals surface area contributed by atoms with Crippen molar-refractivity contribution in [2.45, 2.75) is 43.5 Å². The van der Waals surface area contributed by atoms with Crippen LogP contribution in [-0.4, -0.2) is 20.9 Å². The molecule has 1 heterocycles. The molecule has 2 aromatic rings. The van der Waals surface area contributed by atoms with Crippen LogP contribution in [0.3, 0.4) is 0 Å². The van der Waals surface area contributed by atoms with E-state index in [1.54, 1.807) is 10.6 Å². The first-order valence-corrected chi connectivity index (χ1v) is 7.21. The van der Waals surface area contributed by atoms with Crippen LogP contribution < -0.4 is 16.2 Å². The van der Waals surface area contributed by atoms with Crippen LogP contribution in [0, 0.1) is 0 Å². The Morgan fingerprint density at radius 1 is 1.45 bits per heavy atom. The molecule has 3 N–H and O–H groups in total. The third kappa shape index (κ3) is 3.36. The summed E-state index contributed by atoms with van der Waals surface area (Å²) >= 11 is 1.38. The third-order valence-corrected chi connectivity index (χ3v) is 3.49. The molecule has 0 atom stereocenters. The van der Waals surface area contributed by atoms with Crippen LogP contribution in [-0.2, 0) is 6.54 Å². The minimum absolute atomic E-state index is 0.0776. The summed E-state index contributed by atoms with van der Waals surface area (Å²) in [6, 6.07) is 5.50. The number of hydrogen-bond donors (Lipinski definition) is 2. The Morgan fingerprint density at radius 2 is 2.20 bits per heavy atom. The van der Waals surface area contributed by atoms with Gasteiger partial charge in [-0.05, 0) is 44.7 Å². The second-order valence-electron chi connectivity index (χ2n) is 4.56. The summed E-state index contributed by atoms with van der Waals surface area (Å²) in [7, 11) is 0. The van der Waals surface area contributed by atoms with Crippen LogP contribution in [0.15, 0.2) is 33.0 Å². The largest absolute Gasteiger partial charge is 0.491 e. The maximum Gasteiger partial charge on any atom is 0.343 e. The van der Waals surface area contributed by atoms with Gasteiger partial charge in [-0.2, -0.15) is 0 Å². The van der Waals surface area contributed by atoms with Crippen molar-refractivity contribution < 1.29 is 4.74 Å². The van der Waals surface area contributed by atoms with E-state index in [0.29, 0.717) is 23.1 Å². The van der Waals surface area contributed by atoms with E-state index in [-0.39, 0.29) is 11.8 Å². The van der Waals surface area contributed by atoms with Crippen LogP contribution in [0.4, 0.5) is 5.69 Å². The molecule has 0 bridgehead atoms. The normalized spacial score (nSPS) is 11.0. The molecule has 0 aliphatic carbocycles. The summed E-state index contributed by atoms with van der Waals surface area (Å²) in [5.74, 6) is 0.712. The maximum atomic E-state index is 11.5. The lowest BCUT2D eigenvalue weighted by atomic mass is 10.3. The van der Waals surface area contributed by atoms with Crippen LogP contribution in [0.5, 0.6) is 5.75 Å². The van der Waals surface area contributed by atoms with Crippen LogP contribution in [0.25, 0.3) is 0 Å². The lowest BCUT2D eigenvalue weighted by Gasteiger charge is -2.11. The van der Waals surface area contributed by atoms with Crippen molar-refractivity contribution in [2.24, 2.45) is 0 Å². The number of nitrogen functional groups attached to an aromatic ring is 1. The van der Waals surface area contributed by atoms with Crippen molar-refractivity contribution in [1.29, 1.82) is 0 Å². The summed E-state index contributed by atoms with van der Waals surface area (Å²) in [5.41, 5.74) is 6.28. The number of aromatic amines is 1. The predicted molar refractivity (Wildman–Crippen MR) is 79.3 cm³/mol. The van der Waals surface area contributed by atoms with E-state index in [2.05, 4.69) is 10.2 Å². The lowest BCUT2D eigenvalue weighted by Crippen LogP contribution is -2.16. The topological polar surface area (TPSA) is 85.9 Å². The van der Waals surface area contributed by atoms with Crippen molar-refractivity contribution in [3.05, 3.63) is 28.7 Å². The molecule has 0 aliphatic rings. The number of nitrogens with two attached hydrogens (primary N) is 1. The van der Waals surface area contributed by atoms with Crippen molar-refractivity contribution in [1.82, 2.24) is 14.8 Å². The van der Waals surface area contributed by atoms with E-state index in [9.17, 15) is 4.79 Å². The molecule has 0 aliphatic heterocycles. The highest BCUT2D eigenvalue weighted by Crippen LogP contribution is 2.31. The smallest absolute Gasteiger partial charge is 0.343 e. The molecule has 0 fully saturated rings. The fourth-order valence-corrected chi connectivity index (χ4v) is 2.75. The molecule has 1 aromatic heterocycles. The first-order chi connectivity index (χ1) is 9.49. The number of hydrogen-bond acceptors (Lipinski definition) is 5. The highest BCUT2D eigenvalue weighted by molar-refractivity contribution is 7.99. The highest BCUT2D eigenvalue weighted by Gasteiger charge is 2.10. The Labute approximate surface area is 121 Å².